The monoisotopic (exact) mass is 701 g/mol. The van der Waals surface area contributed by atoms with Crippen LogP contribution in [0.4, 0.5) is 5.69 Å². The fourth-order valence-electron chi connectivity index (χ4n) is 3.56. The van der Waals surface area contributed by atoms with Crippen LogP contribution in [0.1, 0.15) is 0 Å². The molecule has 0 aliphatic rings. The first-order valence-corrected chi connectivity index (χ1v) is 11.9. The number of rotatable bonds is 4. The number of nitrogens with zero attached hydrogens (tertiary/aromatic N) is 10. The summed E-state index contributed by atoms with van der Waals surface area (Å²) in [6.07, 6.45) is 18.2. The van der Waals surface area contributed by atoms with Gasteiger partial charge in [-0.3, -0.25) is 9.97 Å². The van der Waals surface area contributed by atoms with Crippen LogP contribution >= 0.6 is 0 Å². The minimum Gasteiger partial charge on any atom is -0.388 e. The molecule has 0 amide bonds. The molecule has 202 valence electrons. The predicted octanol–water partition coefficient (Wildman–Crippen LogP) is 3.82. The summed E-state index contributed by atoms with van der Waals surface area (Å²) in [6, 6.07) is 9.69. The molecule has 6 rings (SSSR count). The van der Waals surface area contributed by atoms with Crippen LogP contribution < -0.4 is 5.32 Å². The summed E-state index contributed by atoms with van der Waals surface area (Å²) in [5.74, 6) is 3.56. The number of aromatic nitrogens is 10. The van der Waals surface area contributed by atoms with Gasteiger partial charge in [-0.25, -0.2) is 19.9 Å². The Balaban J connectivity index is 0.000000160. The molecular formula is C27H31N11Os. The molecule has 0 atom stereocenters. The first-order valence-electron chi connectivity index (χ1n) is 11.9. The van der Waals surface area contributed by atoms with Crippen LogP contribution in [-0.2, 0) is 48.0 Å². The Morgan fingerprint density at radius 1 is 0.513 bits per heavy atom. The fraction of sp³-hybridized carbons (Fsp3) is 0.185. The second-order valence-electron chi connectivity index (χ2n) is 8.34. The van der Waals surface area contributed by atoms with E-state index in [1.807, 2.05) is 109 Å². The van der Waals surface area contributed by atoms with Gasteiger partial charge in [0.05, 0.1) is 11.4 Å². The molecule has 0 saturated carbocycles. The summed E-state index contributed by atoms with van der Waals surface area (Å²) in [6.45, 7) is 0. The van der Waals surface area contributed by atoms with Gasteiger partial charge in [0.15, 0.2) is 23.3 Å². The maximum atomic E-state index is 4.26. The van der Waals surface area contributed by atoms with Crippen LogP contribution in [0.5, 0.6) is 0 Å². The number of hydrogen-bond donors (Lipinski definition) is 1. The van der Waals surface area contributed by atoms with E-state index in [9.17, 15) is 0 Å². The average Bonchev–Trinajstić information content (AvgIpc) is 3.75. The molecule has 0 spiro atoms. The van der Waals surface area contributed by atoms with E-state index in [0.717, 1.165) is 40.4 Å². The molecule has 0 fully saturated rings. The Morgan fingerprint density at radius 3 is 1.28 bits per heavy atom. The van der Waals surface area contributed by atoms with Gasteiger partial charge in [0.2, 0.25) is 0 Å². The van der Waals surface area contributed by atoms with Crippen LogP contribution in [0.15, 0.2) is 92.3 Å². The van der Waals surface area contributed by atoms with Gasteiger partial charge in [0.1, 0.15) is 0 Å². The number of aryl methyl sites for hydroxylation is 4. The largest absolute Gasteiger partial charge is 0.388 e. The second kappa shape index (κ2) is 13.9. The smallest absolute Gasteiger partial charge is 0.176 e. The van der Waals surface area contributed by atoms with Gasteiger partial charge in [0.25, 0.3) is 0 Å². The zero-order valence-electron chi connectivity index (χ0n) is 22.5. The average molecular weight is 700 g/mol. The molecule has 1 N–H and O–H groups in total. The van der Waals surface area contributed by atoms with E-state index in [1.54, 1.807) is 37.2 Å². The van der Waals surface area contributed by atoms with Crippen molar-refractivity contribution in [3.63, 3.8) is 0 Å². The molecule has 0 saturated heterocycles. The van der Waals surface area contributed by atoms with Gasteiger partial charge in [-0.1, -0.05) is 6.07 Å². The van der Waals surface area contributed by atoms with Crippen molar-refractivity contribution in [1.29, 1.82) is 0 Å². The Hall–Kier alpha value is -4.42. The second-order valence-corrected chi connectivity index (χ2v) is 8.34. The fourth-order valence-corrected chi connectivity index (χ4v) is 3.56. The SMILES string of the molecule is CNc1ccnc(-c2ccccn2)c1.Cn1ccnc1-c1nccn1C.Cn1ccnc1-c1nccn1C.[Os]. The standard InChI is InChI=1S/C11H11N3.2C8H10N4.Os/c1-12-9-5-7-14-11(8-9)10-4-2-3-6-13-10;2*1-11-5-3-9-7(11)8-10-4-6-12(8)2;/h2-8H,1H3,(H,12,14);2*3-6H,1-2H3;. The molecule has 6 heterocycles. The van der Waals surface area contributed by atoms with Gasteiger partial charge in [-0.05, 0) is 24.3 Å². The van der Waals surface area contributed by atoms with E-state index in [0.29, 0.717) is 0 Å². The summed E-state index contributed by atoms with van der Waals surface area (Å²) in [7, 11) is 9.71. The van der Waals surface area contributed by atoms with E-state index in [-0.39, 0.29) is 19.8 Å². The maximum Gasteiger partial charge on any atom is 0.176 e. The number of anilines is 1. The van der Waals surface area contributed by atoms with Gasteiger partial charge in [0, 0.05) is 123 Å². The van der Waals surface area contributed by atoms with Crippen molar-refractivity contribution in [3.8, 4) is 34.7 Å². The molecule has 0 radical (unpaired) electrons. The molecule has 0 aromatic carbocycles. The zero-order valence-corrected chi connectivity index (χ0v) is 25.0. The molecule has 0 unspecified atom stereocenters. The third-order valence-electron chi connectivity index (χ3n) is 5.66. The van der Waals surface area contributed by atoms with Crippen molar-refractivity contribution in [2.24, 2.45) is 28.2 Å². The topological polar surface area (TPSA) is 109 Å². The van der Waals surface area contributed by atoms with Crippen molar-refractivity contribution in [3.05, 3.63) is 92.3 Å². The number of pyridine rings is 2. The van der Waals surface area contributed by atoms with Gasteiger partial charge in [-0.15, -0.1) is 0 Å². The van der Waals surface area contributed by atoms with Gasteiger partial charge < -0.3 is 23.6 Å². The summed E-state index contributed by atoms with van der Waals surface area (Å²) >= 11 is 0. The first-order chi connectivity index (χ1) is 18.5. The quantitative estimate of drug-likeness (QED) is 0.298. The van der Waals surface area contributed by atoms with Crippen molar-refractivity contribution >= 4 is 5.69 Å². The molecule has 12 heteroatoms. The Morgan fingerprint density at radius 2 is 0.949 bits per heavy atom. The van der Waals surface area contributed by atoms with E-state index in [4.69, 9.17) is 0 Å². The summed E-state index contributed by atoms with van der Waals surface area (Å²) in [4.78, 5) is 25.3. The minimum atomic E-state index is 0. The molecular weight excluding hydrogens is 669 g/mol. The molecule has 0 bridgehead atoms. The van der Waals surface area contributed by atoms with Gasteiger partial charge in [-0.2, -0.15) is 0 Å². The molecule has 39 heavy (non-hydrogen) atoms. The summed E-state index contributed by atoms with van der Waals surface area (Å²) in [5, 5.41) is 3.07. The molecule has 6 aromatic rings. The van der Waals surface area contributed by atoms with E-state index in [2.05, 4.69) is 35.2 Å². The molecule has 6 aromatic heterocycles. The van der Waals surface area contributed by atoms with Gasteiger partial charge >= 0.3 is 0 Å². The van der Waals surface area contributed by atoms with Crippen LogP contribution in [-0.4, -0.2) is 55.2 Å². The summed E-state index contributed by atoms with van der Waals surface area (Å²) in [5.41, 5.74) is 2.82. The van der Waals surface area contributed by atoms with Crippen molar-refractivity contribution in [2.45, 2.75) is 0 Å². The Labute approximate surface area is 240 Å². The summed E-state index contributed by atoms with van der Waals surface area (Å²) < 4.78 is 7.79. The van der Waals surface area contributed by atoms with Crippen LogP contribution in [0, 0.1) is 0 Å². The van der Waals surface area contributed by atoms with E-state index in [1.165, 1.54) is 0 Å². The van der Waals surface area contributed by atoms with Crippen molar-refractivity contribution in [1.82, 2.24) is 48.2 Å². The zero-order chi connectivity index (χ0) is 26.9. The van der Waals surface area contributed by atoms with Crippen LogP contribution in [0.2, 0.25) is 0 Å². The molecule has 0 aliphatic carbocycles. The Kier molecular flexibility index (Phi) is 10.4. The van der Waals surface area contributed by atoms with Crippen LogP contribution in [0.25, 0.3) is 34.7 Å². The number of nitrogens with one attached hydrogen (secondary N) is 1. The normalized spacial score (nSPS) is 9.97. The van der Waals surface area contributed by atoms with Crippen LogP contribution in [0.3, 0.4) is 0 Å². The third-order valence-corrected chi connectivity index (χ3v) is 5.66. The van der Waals surface area contributed by atoms with E-state index >= 15 is 0 Å². The minimum absolute atomic E-state index is 0. The number of hydrogen-bond acceptors (Lipinski definition) is 7. The van der Waals surface area contributed by atoms with E-state index < -0.39 is 0 Å². The third kappa shape index (κ3) is 7.33. The van der Waals surface area contributed by atoms with Crippen molar-refractivity contribution < 1.29 is 19.8 Å². The first kappa shape index (κ1) is 29.1. The van der Waals surface area contributed by atoms with Crippen molar-refractivity contribution in [2.75, 3.05) is 12.4 Å². The number of imidazole rings is 4. The molecule has 11 nitrogen and oxygen atoms in total. The predicted molar refractivity (Wildman–Crippen MR) is 148 cm³/mol. The molecule has 0 aliphatic heterocycles. The Bertz CT molecular complexity index is 1410. The maximum absolute atomic E-state index is 4.26.